The number of hydrogen-bond acceptors (Lipinski definition) is 4. The molecule has 1 amide bonds. The molecule has 1 fully saturated rings. The number of halogens is 1. The molecule has 0 radical (unpaired) electrons. The van der Waals surface area contributed by atoms with Crippen molar-refractivity contribution in [2.45, 2.75) is 33.1 Å². The molecule has 0 aromatic heterocycles. The van der Waals surface area contributed by atoms with Gasteiger partial charge in [0.15, 0.2) is 12.4 Å². The molecule has 0 spiro atoms. The highest BCUT2D eigenvalue weighted by Crippen LogP contribution is 2.32. The smallest absolute Gasteiger partial charge is 0.311 e. The number of para-hydroxylation sites is 1. The number of carbonyl (C=O) groups is 3. The lowest BCUT2D eigenvalue weighted by Crippen LogP contribution is -2.29. The van der Waals surface area contributed by atoms with Gasteiger partial charge in [-0.05, 0) is 36.1 Å². The molecule has 0 bridgehead atoms. The summed E-state index contributed by atoms with van der Waals surface area (Å²) in [5.74, 6) is -1.41. The van der Waals surface area contributed by atoms with Gasteiger partial charge in [0.2, 0.25) is 5.91 Å². The van der Waals surface area contributed by atoms with Crippen LogP contribution in [0.5, 0.6) is 0 Å². The maximum atomic E-state index is 12.7. The molecule has 0 N–H and O–H groups in total. The number of anilines is 1. The minimum Gasteiger partial charge on any atom is -0.457 e. The van der Waals surface area contributed by atoms with E-state index in [1.807, 2.05) is 18.2 Å². The van der Waals surface area contributed by atoms with Crippen molar-refractivity contribution in [1.29, 1.82) is 0 Å². The van der Waals surface area contributed by atoms with Crippen LogP contribution >= 0.6 is 15.9 Å². The lowest BCUT2D eigenvalue weighted by molar-refractivity contribution is -0.147. The molecule has 5 nitrogen and oxygen atoms in total. The first-order valence-electron chi connectivity index (χ1n) is 9.81. The van der Waals surface area contributed by atoms with Crippen LogP contribution in [-0.2, 0) is 27.2 Å². The van der Waals surface area contributed by atoms with Gasteiger partial charge in [-0.1, -0.05) is 60.1 Å². The predicted molar refractivity (Wildman–Crippen MR) is 115 cm³/mol. The summed E-state index contributed by atoms with van der Waals surface area (Å²) in [6, 6.07) is 12.9. The Morgan fingerprint density at radius 1 is 1.07 bits per heavy atom. The minimum absolute atomic E-state index is 0.0817. The molecule has 1 aliphatic heterocycles. The van der Waals surface area contributed by atoms with E-state index in [0.29, 0.717) is 5.56 Å². The van der Waals surface area contributed by atoms with E-state index in [1.54, 1.807) is 29.2 Å². The highest BCUT2D eigenvalue weighted by atomic mass is 79.9. The van der Waals surface area contributed by atoms with Crippen LogP contribution in [0.15, 0.2) is 46.9 Å². The van der Waals surface area contributed by atoms with Crippen LogP contribution < -0.4 is 4.90 Å². The Kier molecular flexibility index (Phi) is 6.85. The summed E-state index contributed by atoms with van der Waals surface area (Å²) < 4.78 is 6.11. The number of esters is 1. The molecular formula is C23H24BrNO4. The monoisotopic (exact) mass is 457 g/mol. The summed E-state index contributed by atoms with van der Waals surface area (Å²) >= 11 is 3.32. The summed E-state index contributed by atoms with van der Waals surface area (Å²) in [5, 5.41) is 0. The number of carbonyl (C=O) groups excluding carboxylic acids is 3. The number of hydrogen-bond donors (Lipinski definition) is 0. The Morgan fingerprint density at radius 2 is 1.69 bits per heavy atom. The van der Waals surface area contributed by atoms with Gasteiger partial charge in [0.1, 0.15) is 0 Å². The Bertz CT molecular complexity index is 901. The van der Waals surface area contributed by atoms with Gasteiger partial charge in [0.25, 0.3) is 0 Å². The van der Waals surface area contributed by atoms with Crippen molar-refractivity contribution < 1.29 is 19.1 Å². The Morgan fingerprint density at radius 3 is 2.28 bits per heavy atom. The zero-order valence-corrected chi connectivity index (χ0v) is 18.2. The first-order valence-corrected chi connectivity index (χ1v) is 10.6. The predicted octanol–water partition coefficient (Wildman–Crippen LogP) is 4.35. The second kappa shape index (κ2) is 9.35. The molecule has 2 aromatic carbocycles. The third-order valence-electron chi connectivity index (χ3n) is 5.20. The van der Waals surface area contributed by atoms with Gasteiger partial charge < -0.3 is 9.64 Å². The molecule has 6 heteroatoms. The summed E-state index contributed by atoms with van der Waals surface area (Å²) in [5.41, 5.74) is 3.59. The van der Waals surface area contributed by atoms with E-state index in [9.17, 15) is 14.4 Å². The van der Waals surface area contributed by atoms with Gasteiger partial charge in [-0.3, -0.25) is 14.4 Å². The van der Waals surface area contributed by atoms with Crippen molar-refractivity contribution in [2.24, 2.45) is 5.92 Å². The third kappa shape index (κ3) is 4.75. The average molecular weight is 458 g/mol. The first kappa shape index (κ1) is 21.2. The van der Waals surface area contributed by atoms with E-state index in [2.05, 4.69) is 29.8 Å². The zero-order valence-electron chi connectivity index (χ0n) is 16.6. The van der Waals surface area contributed by atoms with Crippen LogP contribution in [0.2, 0.25) is 0 Å². The molecular weight excluding hydrogens is 434 g/mol. The maximum absolute atomic E-state index is 12.7. The zero-order chi connectivity index (χ0) is 21.0. The van der Waals surface area contributed by atoms with E-state index < -0.39 is 11.9 Å². The largest absolute Gasteiger partial charge is 0.457 e. The van der Waals surface area contributed by atoms with Gasteiger partial charge in [-0.15, -0.1) is 0 Å². The fourth-order valence-electron chi connectivity index (χ4n) is 3.62. The molecule has 2 aromatic rings. The van der Waals surface area contributed by atoms with E-state index in [1.165, 1.54) is 0 Å². The van der Waals surface area contributed by atoms with E-state index in [-0.39, 0.29) is 31.3 Å². The second-order valence-electron chi connectivity index (χ2n) is 7.08. The lowest BCUT2D eigenvalue weighted by atomic mass is 10.0. The molecule has 29 heavy (non-hydrogen) atoms. The summed E-state index contributed by atoms with van der Waals surface area (Å²) in [6.45, 7) is 4.07. The summed E-state index contributed by atoms with van der Waals surface area (Å²) in [7, 11) is 0. The molecule has 0 unspecified atom stereocenters. The van der Waals surface area contributed by atoms with Gasteiger partial charge in [-0.25, -0.2) is 0 Å². The number of rotatable bonds is 7. The molecule has 1 saturated heterocycles. The van der Waals surface area contributed by atoms with E-state index >= 15 is 0 Å². The van der Waals surface area contributed by atoms with Gasteiger partial charge in [-0.2, -0.15) is 0 Å². The summed E-state index contributed by atoms with van der Waals surface area (Å²) in [6.07, 6.45) is 1.72. The van der Waals surface area contributed by atoms with Crippen LogP contribution in [-0.4, -0.2) is 30.8 Å². The number of ketones is 1. The number of Topliss-reactive ketones (excluding diaryl/α,β-unsaturated/α-hetero) is 1. The highest BCUT2D eigenvalue weighted by molar-refractivity contribution is 9.10. The topological polar surface area (TPSA) is 63.7 Å². The molecule has 1 heterocycles. The minimum atomic E-state index is -0.560. The van der Waals surface area contributed by atoms with Crippen LogP contribution in [0.4, 0.5) is 5.69 Å². The Labute approximate surface area is 179 Å². The van der Waals surface area contributed by atoms with Gasteiger partial charge in [0, 0.05) is 28.7 Å². The van der Waals surface area contributed by atoms with Crippen molar-refractivity contribution in [2.75, 3.05) is 18.1 Å². The number of ether oxygens (including phenoxy) is 1. The van der Waals surface area contributed by atoms with E-state index in [4.69, 9.17) is 4.74 Å². The average Bonchev–Trinajstić information content (AvgIpc) is 3.12. The van der Waals surface area contributed by atoms with Crippen LogP contribution in [0.25, 0.3) is 0 Å². The lowest BCUT2D eigenvalue weighted by Gasteiger charge is -2.23. The molecule has 3 rings (SSSR count). The highest BCUT2D eigenvalue weighted by Gasteiger charge is 2.37. The summed E-state index contributed by atoms with van der Waals surface area (Å²) in [4.78, 5) is 39.1. The van der Waals surface area contributed by atoms with Crippen molar-refractivity contribution in [3.05, 3.63) is 63.6 Å². The fourth-order valence-corrected chi connectivity index (χ4v) is 3.88. The standard InChI is InChI=1S/C23H24BrNO4/c1-3-15-6-5-7-16(4-2)22(15)25-13-18(12-21(25)27)23(28)29-14-20(26)17-8-10-19(24)11-9-17/h5-11,18H,3-4,12-14H2,1-2H3/t18-/m0/s1. The van der Waals surface area contributed by atoms with Crippen molar-refractivity contribution in [1.82, 2.24) is 0 Å². The van der Waals surface area contributed by atoms with Gasteiger partial charge in [0.05, 0.1) is 5.92 Å². The number of benzene rings is 2. The maximum Gasteiger partial charge on any atom is 0.311 e. The Hall–Kier alpha value is -2.47. The second-order valence-corrected chi connectivity index (χ2v) is 7.99. The van der Waals surface area contributed by atoms with Crippen LogP contribution in [0.1, 0.15) is 41.8 Å². The van der Waals surface area contributed by atoms with Crippen LogP contribution in [0.3, 0.4) is 0 Å². The van der Waals surface area contributed by atoms with Crippen molar-refractivity contribution in [3.8, 4) is 0 Å². The van der Waals surface area contributed by atoms with E-state index in [0.717, 1.165) is 34.1 Å². The van der Waals surface area contributed by atoms with Crippen molar-refractivity contribution >= 4 is 39.3 Å². The Balaban J connectivity index is 1.66. The third-order valence-corrected chi connectivity index (χ3v) is 5.73. The fraction of sp³-hybridized carbons (Fsp3) is 0.348. The molecule has 1 aliphatic rings. The van der Waals surface area contributed by atoms with Crippen molar-refractivity contribution in [3.63, 3.8) is 0 Å². The molecule has 0 aliphatic carbocycles. The quantitative estimate of drug-likeness (QED) is 0.457. The molecule has 1 atom stereocenters. The SMILES string of the molecule is CCc1cccc(CC)c1N1C[C@@H](C(=O)OCC(=O)c2ccc(Br)cc2)CC1=O. The number of aryl methyl sites for hydroxylation is 2. The first-order chi connectivity index (χ1) is 13.9. The normalized spacial score (nSPS) is 16.2. The molecule has 152 valence electrons. The molecule has 0 saturated carbocycles. The number of nitrogens with zero attached hydrogens (tertiary/aromatic N) is 1. The van der Waals surface area contributed by atoms with Crippen LogP contribution in [0, 0.1) is 5.92 Å². The number of amides is 1. The van der Waals surface area contributed by atoms with Gasteiger partial charge >= 0.3 is 5.97 Å².